The van der Waals surface area contributed by atoms with E-state index in [0.29, 0.717) is 24.2 Å². The minimum Gasteiger partial charge on any atom is -0.370 e. The van der Waals surface area contributed by atoms with Gasteiger partial charge in [0.25, 0.3) is 11.6 Å². The minimum absolute atomic E-state index is 0.103. The lowest BCUT2D eigenvalue weighted by molar-refractivity contribution is 0.535. The molecule has 122 valence electrons. The van der Waals surface area contributed by atoms with E-state index in [4.69, 9.17) is 11.5 Å². The monoisotopic (exact) mass is 318 g/mol. The molecule has 0 radical (unpaired) electrons. The van der Waals surface area contributed by atoms with E-state index in [-0.39, 0.29) is 5.96 Å². The molecule has 0 amide bonds. The maximum absolute atomic E-state index is 12.8. The second-order valence-electron chi connectivity index (χ2n) is 4.95. The van der Waals surface area contributed by atoms with Crippen molar-refractivity contribution >= 4 is 5.96 Å². The van der Waals surface area contributed by atoms with E-state index in [1.807, 2.05) is 17.1 Å². The number of aliphatic imine (C=N–C) groups is 1. The van der Waals surface area contributed by atoms with E-state index >= 15 is 0 Å². The Morgan fingerprint density at radius 1 is 1.30 bits per heavy atom. The van der Waals surface area contributed by atoms with Crippen LogP contribution in [0.1, 0.15) is 12.0 Å². The van der Waals surface area contributed by atoms with Gasteiger partial charge in [0.15, 0.2) is 5.96 Å². The van der Waals surface area contributed by atoms with Gasteiger partial charge in [-0.2, -0.15) is 4.39 Å². The number of H-pyrrole nitrogens is 1. The van der Waals surface area contributed by atoms with E-state index in [9.17, 15) is 9.18 Å². The maximum Gasteiger partial charge on any atom is 0.289 e. The molecule has 0 unspecified atom stereocenters. The molecular weight excluding hydrogens is 299 g/mol. The summed E-state index contributed by atoms with van der Waals surface area (Å²) in [6, 6.07) is 7.42. The third kappa shape index (κ3) is 5.19. The molecule has 2 rings (SSSR count). The summed E-state index contributed by atoms with van der Waals surface area (Å²) in [7, 11) is 0. The summed E-state index contributed by atoms with van der Waals surface area (Å²) in [4.78, 5) is 21.1. The van der Waals surface area contributed by atoms with Gasteiger partial charge in [-0.3, -0.25) is 14.8 Å². The van der Waals surface area contributed by atoms with Gasteiger partial charge in [0.05, 0.1) is 5.56 Å². The molecule has 0 aliphatic heterocycles. The Labute approximate surface area is 132 Å². The topological polar surface area (TPSA) is 122 Å². The van der Waals surface area contributed by atoms with Gasteiger partial charge in [0.2, 0.25) is 0 Å². The predicted molar refractivity (Wildman–Crippen MR) is 87.3 cm³/mol. The van der Waals surface area contributed by atoms with Crippen LogP contribution in [0.5, 0.6) is 0 Å². The smallest absolute Gasteiger partial charge is 0.289 e. The van der Waals surface area contributed by atoms with Crippen LogP contribution < -0.4 is 22.3 Å². The number of rotatable bonds is 7. The molecule has 0 atom stereocenters. The quantitative estimate of drug-likeness (QED) is 0.254. The summed E-state index contributed by atoms with van der Waals surface area (Å²) in [6.45, 7) is 2.08. The zero-order valence-corrected chi connectivity index (χ0v) is 12.6. The molecule has 0 spiro atoms. The van der Waals surface area contributed by atoms with Gasteiger partial charge in [-0.15, -0.1) is 0 Å². The van der Waals surface area contributed by atoms with Crippen LogP contribution >= 0.6 is 0 Å². The van der Waals surface area contributed by atoms with Gasteiger partial charge < -0.3 is 16.8 Å². The summed E-state index contributed by atoms with van der Waals surface area (Å²) in [6.07, 6.45) is 1.18. The molecule has 8 heteroatoms. The van der Waals surface area contributed by atoms with Crippen LogP contribution in [0.25, 0.3) is 11.1 Å². The summed E-state index contributed by atoms with van der Waals surface area (Å²) < 4.78 is 12.8. The second-order valence-corrected chi connectivity index (χ2v) is 4.95. The number of hydrogen-bond acceptors (Lipinski definition) is 4. The number of halogens is 1. The van der Waals surface area contributed by atoms with E-state index in [1.165, 1.54) is 6.20 Å². The maximum atomic E-state index is 12.8. The fourth-order valence-electron chi connectivity index (χ4n) is 2.03. The largest absolute Gasteiger partial charge is 0.370 e. The van der Waals surface area contributed by atoms with Gasteiger partial charge in [-0.1, -0.05) is 24.3 Å². The number of guanidine groups is 1. The fraction of sp³-hybridized carbons (Fsp3) is 0.267. The van der Waals surface area contributed by atoms with Crippen molar-refractivity contribution in [2.45, 2.75) is 13.0 Å². The van der Waals surface area contributed by atoms with Crippen molar-refractivity contribution in [3.63, 3.8) is 0 Å². The van der Waals surface area contributed by atoms with Crippen LogP contribution in [0.2, 0.25) is 0 Å². The lowest BCUT2D eigenvalue weighted by Gasteiger charge is -2.05. The van der Waals surface area contributed by atoms with Crippen LogP contribution in [0, 0.1) is 6.08 Å². The molecule has 0 aliphatic rings. The third-order valence-corrected chi connectivity index (χ3v) is 3.17. The van der Waals surface area contributed by atoms with Crippen LogP contribution in [0.3, 0.4) is 0 Å². The standard InChI is InChI=1S/C15H19FN6O/c16-14-21-9-12(13(23)22-14)11-4-2-10(3-5-11)8-19-6-1-7-20-15(17)18/h2-5,9,19H,1,6-8H2,(H4,17,18,20)(H,21,22,23). The molecule has 0 bridgehead atoms. The lowest BCUT2D eigenvalue weighted by atomic mass is 10.1. The number of aromatic nitrogens is 2. The molecule has 0 aliphatic carbocycles. The highest BCUT2D eigenvalue weighted by Gasteiger charge is 2.05. The van der Waals surface area contributed by atoms with Crippen molar-refractivity contribution in [2.75, 3.05) is 13.1 Å². The fourth-order valence-corrected chi connectivity index (χ4v) is 2.03. The summed E-state index contributed by atoms with van der Waals surface area (Å²) in [5.74, 6) is 0.103. The Bertz CT molecular complexity index is 721. The number of aromatic amines is 1. The Morgan fingerprint density at radius 2 is 2.04 bits per heavy atom. The Hall–Kier alpha value is -2.74. The molecule has 7 nitrogen and oxygen atoms in total. The molecule has 1 aromatic carbocycles. The van der Waals surface area contributed by atoms with E-state index in [0.717, 1.165) is 18.5 Å². The van der Waals surface area contributed by atoms with Crippen molar-refractivity contribution < 1.29 is 4.39 Å². The van der Waals surface area contributed by atoms with Crippen LogP contribution in [-0.2, 0) is 6.54 Å². The highest BCUT2D eigenvalue weighted by molar-refractivity contribution is 5.75. The first-order valence-corrected chi connectivity index (χ1v) is 7.16. The van der Waals surface area contributed by atoms with Gasteiger partial charge in [0.1, 0.15) is 0 Å². The van der Waals surface area contributed by atoms with Crippen molar-refractivity contribution in [3.05, 3.63) is 52.5 Å². The van der Waals surface area contributed by atoms with Crippen molar-refractivity contribution in [1.29, 1.82) is 0 Å². The van der Waals surface area contributed by atoms with Crippen LogP contribution in [0.4, 0.5) is 4.39 Å². The molecule has 0 fully saturated rings. The lowest BCUT2D eigenvalue weighted by Crippen LogP contribution is -2.23. The minimum atomic E-state index is -0.889. The zero-order valence-electron chi connectivity index (χ0n) is 12.6. The summed E-state index contributed by atoms with van der Waals surface area (Å²) in [5.41, 5.74) is 12.1. The highest BCUT2D eigenvalue weighted by atomic mass is 19.1. The predicted octanol–water partition coefficient (Wildman–Crippen LogP) is 0.329. The first-order valence-electron chi connectivity index (χ1n) is 7.16. The first kappa shape index (κ1) is 16.6. The van der Waals surface area contributed by atoms with Gasteiger partial charge in [0, 0.05) is 19.3 Å². The SMILES string of the molecule is NC(N)=NCCCNCc1ccc(-c2cnc(F)[nH]c2=O)cc1. The molecule has 23 heavy (non-hydrogen) atoms. The van der Waals surface area contributed by atoms with Crippen molar-refractivity contribution in [1.82, 2.24) is 15.3 Å². The second kappa shape index (κ2) is 8.04. The van der Waals surface area contributed by atoms with E-state index in [1.54, 1.807) is 12.1 Å². The van der Waals surface area contributed by atoms with Crippen molar-refractivity contribution in [2.24, 2.45) is 16.5 Å². The molecule has 1 aromatic heterocycles. The van der Waals surface area contributed by atoms with Gasteiger partial charge in [-0.05, 0) is 24.1 Å². The Kier molecular flexibility index (Phi) is 5.81. The average Bonchev–Trinajstić information content (AvgIpc) is 2.51. The van der Waals surface area contributed by atoms with Crippen LogP contribution in [0.15, 0.2) is 40.2 Å². The van der Waals surface area contributed by atoms with E-state index < -0.39 is 11.6 Å². The van der Waals surface area contributed by atoms with Gasteiger partial charge in [-0.25, -0.2) is 4.98 Å². The highest BCUT2D eigenvalue weighted by Crippen LogP contribution is 2.15. The van der Waals surface area contributed by atoms with Crippen molar-refractivity contribution in [3.8, 4) is 11.1 Å². The number of nitrogens with zero attached hydrogens (tertiary/aromatic N) is 2. The molecule has 2 aromatic rings. The average molecular weight is 318 g/mol. The van der Waals surface area contributed by atoms with Gasteiger partial charge >= 0.3 is 0 Å². The number of nitrogens with two attached hydrogens (primary N) is 2. The first-order chi connectivity index (χ1) is 11.1. The summed E-state index contributed by atoms with van der Waals surface area (Å²) >= 11 is 0. The number of benzene rings is 1. The Balaban J connectivity index is 1.87. The number of hydrogen-bond donors (Lipinski definition) is 4. The van der Waals surface area contributed by atoms with Crippen LogP contribution in [-0.4, -0.2) is 29.0 Å². The Morgan fingerprint density at radius 3 is 2.70 bits per heavy atom. The molecule has 0 saturated heterocycles. The molecule has 1 heterocycles. The molecule has 0 saturated carbocycles. The summed E-state index contributed by atoms with van der Waals surface area (Å²) in [5, 5.41) is 3.27. The molecular formula is C15H19FN6O. The molecule has 6 N–H and O–H groups in total. The normalized spacial score (nSPS) is 10.5. The zero-order chi connectivity index (χ0) is 16.7. The van der Waals surface area contributed by atoms with E-state index in [2.05, 4.69) is 15.3 Å². The number of nitrogens with one attached hydrogen (secondary N) is 2. The third-order valence-electron chi connectivity index (χ3n) is 3.17.